The van der Waals surface area contributed by atoms with Crippen molar-refractivity contribution >= 4 is 11.9 Å². The van der Waals surface area contributed by atoms with Gasteiger partial charge in [0, 0.05) is 6.54 Å². The monoisotopic (exact) mass is 265 g/mol. The van der Waals surface area contributed by atoms with Crippen LogP contribution in [-0.4, -0.2) is 27.6 Å². The van der Waals surface area contributed by atoms with Gasteiger partial charge in [0.15, 0.2) is 0 Å². The maximum Gasteiger partial charge on any atom is 0.323 e. The van der Waals surface area contributed by atoms with Crippen LogP contribution in [0.3, 0.4) is 0 Å². The van der Waals surface area contributed by atoms with Gasteiger partial charge in [-0.1, -0.05) is 19.8 Å². The molecule has 19 heavy (non-hydrogen) atoms. The Bertz CT molecular complexity index is 423. The number of nitrogens with zero attached hydrogens (tertiary/aromatic N) is 3. The van der Waals surface area contributed by atoms with E-state index in [0.29, 0.717) is 11.9 Å². The first-order valence-corrected chi connectivity index (χ1v) is 6.96. The second-order valence-corrected chi connectivity index (χ2v) is 5.52. The van der Waals surface area contributed by atoms with Crippen LogP contribution in [0.15, 0.2) is 0 Å². The molecule has 3 N–H and O–H groups in total. The quantitative estimate of drug-likeness (QED) is 0.847. The molecule has 0 amide bonds. The minimum atomic E-state index is 0.0181. The van der Waals surface area contributed by atoms with Crippen LogP contribution in [0.5, 0.6) is 6.01 Å². The Morgan fingerprint density at radius 3 is 2.74 bits per heavy atom. The number of hydrogen-bond donors (Lipinski definition) is 2. The number of nitrogens with one attached hydrogen (secondary N) is 1. The van der Waals surface area contributed by atoms with Gasteiger partial charge < -0.3 is 15.8 Å². The van der Waals surface area contributed by atoms with Crippen LogP contribution in [0.1, 0.15) is 40.0 Å². The molecule has 1 aliphatic carbocycles. The van der Waals surface area contributed by atoms with Crippen molar-refractivity contribution in [1.82, 2.24) is 15.0 Å². The fourth-order valence-corrected chi connectivity index (χ4v) is 2.46. The van der Waals surface area contributed by atoms with E-state index in [2.05, 4.69) is 27.2 Å². The molecule has 6 heteroatoms. The smallest absolute Gasteiger partial charge is 0.323 e. The molecule has 0 bridgehead atoms. The third-order valence-corrected chi connectivity index (χ3v) is 3.53. The van der Waals surface area contributed by atoms with Crippen molar-refractivity contribution in [2.75, 3.05) is 17.6 Å². The molecule has 1 fully saturated rings. The Labute approximate surface area is 114 Å². The molecule has 0 aromatic carbocycles. The van der Waals surface area contributed by atoms with Gasteiger partial charge in [-0.2, -0.15) is 15.0 Å². The Balaban J connectivity index is 1.97. The van der Waals surface area contributed by atoms with Crippen LogP contribution < -0.4 is 15.8 Å². The minimum absolute atomic E-state index is 0.0181. The number of aromatic nitrogens is 3. The van der Waals surface area contributed by atoms with Crippen molar-refractivity contribution < 1.29 is 4.74 Å². The molecule has 0 spiro atoms. The molecular weight excluding hydrogens is 242 g/mol. The van der Waals surface area contributed by atoms with E-state index in [1.807, 2.05) is 13.8 Å². The van der Waals surface area contributed by atoms with E-state index in [4.69, 9.17) is 10.5 Å². The number of nitrogens with two attached hydrogens (primary N) is 1. The van der Waals surface area contributed by atoms with Crippen LogP contribution in [0, 0.1) is 11.8 Å². The van der Waals surface area contributed by atoms with Crippen molar-refractivity contribution in [2.45, 2.75) is 46.1 Å². The molecule has 2 unspecified atom stereocenters. The Kier molecular flexibility index (Phi) is 4.39. The van der Waals surface area contributed by atoms with Crippen LogP contribution in [0.25, 0.3) is 0 Å². The summed E-state index contributed by atoms with van der Waals surface area (Å²) in [5.41, 5.74) is 5.66. The summed E-state index contributed by atoms with van der Waals surface area (Å²) >= 11 is 0. The molecule has 106 valence electrons. The highest BCUT2D eigenvalue weighted by molar-refractivity contribution is 5.32. The summed E-state index contributed by atoms with van der Waals surface area (Å²) in [5.74, 6) is 2.14. The van der Waals surface area contributed by atoms with Gasteiger partial charge in [0.05, 0.1) is 6.10 Å². The van der Waals surface area contributed by atoms with E-state index in [1.54, 1.807) is 0 Å². The fourth-order valence-electron chi connectivity index (χ4n) is 2.46. The maximum atomic E-state index is 5.66. The van der Waals surface area contributed by atoms with Gasteiger partial charge in [0.2, 0.25) is 11.9 Å². The third kappa shape index (κ3) is 3.94. The average Bonchev–Trinajstić information content (AvgIpc) is 2.70. The van der Waals surface area contributed by atoms with Crippen LogP contribution in [-0.2, 0) is 0 Å². The highest BCUT2D eigenvalue weighted by Gasteiger charge is 2.23. The normalized spacial score (nSPS) is 22.7. The lowest BCUT2D eigenvalue weighted by Gasteiger charge is -2.16. The van der Waals surface area contributed by atoms with Gasteiger partial charge in [-0.25, -0.2) is 0 Å². The third-order valence-electron chi connectivity index (χ3n) is 3.53. The van der Waals surface area contributed by atoms with Gasteiger partial charge in [-0.05, 0) is 32.1 Å². The second-order valence-electron chi connectivity index (χ2n) is 5.52. The minimum Gasteiger partial charge on any atom is -0.461 e. The molecule has 1 saturated carbocycles. The number of ether oxygens (including phenoxy) is 1. The highest BCUT2D eigenvalue weighted by atomic mass is 16.5. The van der Waals surface area contributed by atoms with E-state index in [-0.39, 0.29) is 18.1 Å². The van der Waals surface area contributed by atoms with Gasteiger partial charge in [-0.15, -0.1) is 0 Å². The molecule has 1 aromatic heterocycles. The van der Waals surface area contributed by atoms with Gasteiger partial charge in [-0.3, -0.25) is 0 Å². The predicted molar refractivity (Wildman–Crippen MR) is 75.0 cm³/mol. The SMILES string of the molecule is CC(C)Oc1nc(N)nc(NCC2CCCC2C)n1. The molecule has 0 aliphatic heterocycles. The van der Waals surface area contributed by atoms with Crippen molar-refractivity contribution in [3.63, 3.8) is 0 Å². The molecule has 1 aromatic rings. The Morgan fingerprint density at radius 1 is 1.32 bits per heavy atom. The standard InChI is InChI=1S/C13H23N5O/c1-8(2)19-13-17-11(14)16-12(18-13)15-7-10-6-4-5-9(10)3/h8-10H,4-7H2,1-3H3,(H3,14,15,16,17,18). The molecule has 0 saturated heterocycles. The number of nitrogen functional groups attached to an aromatic ring is 1. The summed E-state index contributed by atoms with van der Waals surface area (Å²) in [7, 11) is 0. The summed E-state index contributed by atoms with van der Waals surface area (Å²) in [4.78, 5) is 12.3. The predicted octanol–water partition coefficient (Wildman–Crippen LogP) is 2.09. The zero-order valence-corrected chi connectivity index (χ0v) is 11.9. The molecule has 6 nitrogen and oxygen atoms in total. The van der Waals surface area contributed by atoms with Gasteiger partial charge >= 0.3 is 6.01 Å². The van der Waals surface area contributed by atoms with Crippen molar-refractivity contribution in [1.29, 1.82) is 0 Å². The van der Waals surface area contributed by atoms with E-state index in [0.717, 1.165) is 12.5 Å². The fraction of sp³-hybridized carbons (Fsp3) is 0.769. The first-order chi connectivity index (χ1) is 9.04. The lowest BCUT2D eigenvalue weighted by molar-refractivity contribution is 0.222. The Morgan fingerprint density at radius 2 is 2.11 bits per heavy atom. The summed E-state index contributed by atoms with van der Waals surface area (Å²) in [5, 5.41) is 3.25. The summed E-state index contributed by atoms with van der Waals surface area (Å²) in [6.45, 7) is 7.03. The van der Waals surface area contributed by atoms with E-state index < -0.39 is 0 Å². The zero-order valence-electron chi connectivity index (χ0n) is 11.9. The molecule has 2 atom stereocenters. The Hall–Kier alpha value is -1.59. The van der Waals surface area contributed by atoms with Gasteiger partial charge in [0.1, 0.15) is 0 Å². The number of hydrogen-bond acceptors (Lipinski definition) is 6. The topological polar surface area (TPSA) is 86.0 Å². The summed E-state index contributed by atoms with van der Waals surface area (Å²) < 4.78 is 5.45. The van der Waals surface area contributed by atoms with Crippen molar-refractivity contribution in [3.05, 3.63) is 0 Å². The maximum absolute atomic E-state index is 5.66. The molecular formula is C13H23N5O. The highest BCUT2D eigenvalue weighted by Crippen LogP contribution is 2.31. The van der Waals surface area contributed by atoms with E-state index in [1.165, 1.54) is 19.3 Å². The molecule has 1 aliphatic rings. The molecule has 1 heterocycles. The lowest BCUT2D eigenvalue weighted by atomic mass is 9.98. The number of rotatable bonds is 5. The number of anilines is 2. The summed E-state index contributed by atoms with van der Waals surface area (Å²) in [6.07, 6.45) is 3.91. The first-order valence-electron chi connectivity index (χ1n) is 6.96. The van der Waals surface area contributed by atoms with Crippen molar-refractivity contribution in [2.24, 2.45) is 11.8 Å². The zero-order chi connectivity index (χ0) is 13.8. The lowest BCUT2D eigenvalue weighted by Crippen LogP contribution is -2.19. The summed E-state index contributed by atoms with van der Waals surface area (Å²) in [6, 6.07) is 0.282. The van der Waals surface area contributed by atoms with E-state index in [9.17, 15) is 0 Å². The van der Waals surface area contributed by atoms with Crippen LogP contribution in [0.4, 0.5) is 11.9 Å². The van der Waals surface area contributed by atoms with E-state index >= 15 is 0 Å². The van der Waals surface area contributed by atoms with Crippen molar-refractivity contribution in [3.8, 4) is 6.01 Å². The van der Waals surface area contributed by atoms with Gasteiger partial charge in [0.25, 0.3) is 0 Å². The first kappa shape index (κ1) is 13.8. The second kappa shape index (κ2) is 6.04. The molecule has 2 rings (SSSR count). The molecule has 0 radical (unpaired) electrons. The van der Waals surface area contributed by atoms with Crippen LogP contribution in [0.2, 0.25) is 0 Å². The average molecular weight is 265 g/mol. The largest absolute Gasteiger partial charge is 0.461 e. The van der Waals surface area contributed by atoms with Crippen LogP contribution >= 0.6 is 0 Å².